The Morgan fingerprint density at radius 3 is 1.90 bits per heavy atom. The minimum atomic E-state index is -3.08. The van der Waals surface area contributed by atoms with Crippen LogP contribution in [0, 0.1) is 12.8 Å². The summed E-state index contributed by atoms with van der Waals surface area (Å²) in [6, 6.07) is 0. The van der Waals surface area contributed by atoms with Gasteiger partial charge in [0.05, 0.1) is 0 Å². The predicted molar refractivity (Wildman–Crippen MR) is 28.1 cm³/mol. The third-order valence-electron chi connectivity index (χ3n) is 0.586. The fraction of sp³-hybridized carbons (Fsp3) is 0.167. The molecule has 0 amide bonds. The molecule has 0 aromatic heterocycles. The zero-order valence-corrected chi connectivity index (χ0v) is 7.53. The summed E-state index contributed by atoms with van der Waals surface area (Å²) < 4.78 is 28.8. The molecule has 0 aromatic rings. The summed E-state index contributed by atoms with van der Waals surface area (Å²) in [5.41, 5.74) is 0. The van der Waals surface area contributed by atoms with Crippen LogP contribution in [-0.2, 0) is 26.2 Å². The Labute approximate surface area is 76.9 Å². The molecule has 10 heavy (non-hydrogen) atoms. The van der Waals surface area contributed by atoms with E-state index in [1.54, 1.807) is 0 Å². The van der Waals surface area contributed by atoms with Crippen LogP contribution in [0.15, 0.2) is 18.2 Å². The van der Waals surface area contributed by atoms with Crippen molar-refractivity contribution >= 4 is 0 Å². The molecule has 0 radical (unpaired) electrons. The first kappa shape index (κ1) is 12.8. The van der Waals surface area contributed by atoms with Crippen LogP contribution < -0.4 is 0 Å². The van der Waals surface area contributed by atoms with Crippen LogP contribution in [0.2, 0.25) is 0 Å². The second kappa shape index (κ2) is 9.15. The molecule has 0 fully saturated rings. The summed E-state index contributed by atoms with van der Waals surface area (Å²) >= 11 is 0. The van der Waals surface area contributed by atoms with Crippen LogP contribution in [0.1, 0.15) is 6.42 Å². The monoisotopic (exact) mass is 224 g/mol. The molecule has 0 spiro atoms. The first-order valence-corrected chi connectivity index (χ1v) is 2.28. The van der Waals surface area contributed by atoms with Crippen LogP contribution in [-0.4, -0.2) is 0 Å². The Balaban J connectivity index is 0. The maximum absolute atomic E-state index is 9.58. The van der Waals surface area contributed by atoms with E-state index in [0.717, 1.165) is 6.42 Å². The van der Waals surface area contributed by atoms with Gasteiger partial charge in [-0.3, -0.25) is 6.08 Å². The smallest absolute Gasteiger partial charge is 0.385 e. The molecule has 0 saturated carbocycles. The summed E-state index contributed by atoms with van der Waals surface area (Å²) in [5, 5.41) is 0. The van der Waals surface area contributed by atoms with Crippen LogP contribution in [0.3, 0.4) is 0 Å². The summed E-state index contributed by atoms with van der Waals surface area (Å²) in [6.45, 7) is -3.08. The fourth-order valence-corrected chi connectivity index (χ4v) is 0.340. The van der Waals surface area contributed by atoms with Gasteiger partial charge in [0.2, 0.25) is 0 Å². The van der Waals surface area contributed by atoms with E-state index in [1.165, 1.54) is 0 Å². The molecule has 0 nitrogen and oxygen atoms in total. The van der Waals surface area contributed by atoms with E-state index in [2.05, 4.69) is 12.2 Å². The van der Waals surface area contributed by atoms with Crippen molar-refractivity contribution in [2.75, 3.05) is 0 Å². The first-order chi connectivity index (χ1) is 4.23. The number of rotatable bonds is 0. The quantitative estimate of drug-likeness (QED) is 0.556. The van der Waals surface area contributed by atoms with Gasteiger partial charge in [-0.2, -0.15) is 6.08 Å². The molecule has 0 unspecified atom stereocenters. The molecule has 1 aliphatic carbocycles. The molecule has 1 aliphatic rings. The van der Waals surface area contributed by atoms with Crippen molar-refractivity contribution in [1.82, 2.24) is 0 Å². The number of hydrogen-bond acceptors (Lipinski definition) is 0. The van der Waals surface area contributed by atoms with Gasteiger partial charge in [-0.15, -0.1) is 6.42 Å². The summed E-state index contributed by atoms with van der Waals surface area (Å²) in [5.74, 6) is 0. The van der Waals surface area contributed by atoms with Crippen molar-refractivity contribution in [2.24, 2.45) is 0 Å². The van der Waals surface area contributed by atoms with E-state index < -0.39 is 6.68 Å². The average molecular weight is 225 g/mol. The van der Waals surface area contributed by atoms with Crippen LogP contribution in [0.5, 0.6) is 0 Å². The molecular formula is C6H5F3Zr. The van der Waals surface area contributed by atoms with Gasteiger partial charge in [-0.05, 0) is 0 Å². The zero-order chi connectivity index (χ0) is 7.11. The normalized spacial score (nSPS) is 12.4. The molecule has 54 valence electrons. The Kier molecular flexibility index (Phi) is 11.7. The third kappa shape index (κ3) is 15.7. The molecule has 0 atom stereocenters. The van der Waals surface area contributed by atoms with Gasteiger partial charge in [0, 0.05) is 0 Å². The molecule has 1 rings (SSSR count). The van der Waals surface area contributed by atoms with E-state index >= 15 is 0 Å². The van der Waals surface area contributed by atoms with Gasteiger partial charge in [0.1, 0.15) is 0 Å². The Morgan fingerprint density at radius 1 is 1.30 bits per heavy atom. The summed E-state index contributed by atoms with van der Waals surface area (Å²) in [6.07, 6.45) is 10.0. The SMILES string of the molecule is F[C-](F)F.[C-]1=CC=CC1.[Zr+2]. The van der Waals surface area contributed by atoms with Crippen molar-refractivity contribution in [3.63, 3.8) is 0 Å². The number of halogens is 3. The van der Waals surface area contributed by atoms with Gasteiger partial charge in [-0.25, -0.2) is 12.2 Å². The summed E-state index contributed by atoms with van der Waals surface area (Å²) in [4.78, 5) is 0. The zero-order valence-electron chi connectivity index (χ0n) is 5.07. The van der Waals surface area contributed by atoms with Crippen molar-refractivity contribution in [2.45, 2.75) is 6.42 Å². The maximum Gasteiger partial charge on any atom is 2.00 e. The van der Waals surface area contributed by atoms with Gasteiger partial charge >= 0.3 is 26.2 Å². The largest absolute Gasteiger partial charge is 2.00 e. The van der Waals surface area contributed by atoms with Crippen LogP contribution in [0.25, 0.3) is 0 Å². The number of allylic oxidation sites excluding steroid dienone is 4. The maximum atomic E-state index is 9.58. The van der Waals surface area contributed by atoms with E-state index in [9.17, 15) is 13.2 Å². The Morgan fingerprint density at radius 2 is 1.80 bits per heavy atom. The number of hydrogen-bond donors (Lipinski definition) is 0. The average Bonchev–Trinajstić information content (AvgIpc) is 2.11. The van der Waals surface area contributed by atoms with E-state index in [-0.39, 0.29) is 26.2 Å². The van der Waals surface area contributed by atoms with E-state index in [0.29, 0.717) is 0 Å². The standard InChI is InChI=1S/C5H5.CF3.Zr/c1-2-4-5-3-1;2-1(3)4;/h1-3H,4H2;;/q2*-1;+2. The van der Waals surface area contributed by atoms with E-state index in [4.69, 9.17) is 0 Å². The topological polar surface area (TPSA) is 0 Å². The molecule has 0 bridgehead atoms. The van der Waals surface area contributed by atoms with Crippen molar-refractivity contribution in [1.29, 1.82) is 0 Å². The molecule has 0 saturated heterocycles. The first-order valence-electron chi connectivity index (χ1n) is 2.28. The Bertz CT molecular complexity index is 96.8. The minimum Gasteiger partial charge on any atom is -0.385 e. The second-order valence-electron chi connectivity index (χ2n) is 1.22. The van der Waals surface area contributed by atoms with Crippen LogP contribution in [0.4, 0.5) is 13.2 Å². The molecule has 0 heterocycles. The molecule has 0 aliphatic heterocycles. The molecule has 0 N–H and O–H groups in total. The van der Waals surface area contributed by atoms with Crippen molar-refractivity contribution in [3.05, 3.63) is 31.0 Å². The Hall–Kier alpha value is 0.153. The third-order valence-corrected chi connectivity index (χ3v) is 0.586. The second-order valence-corrected chi connectivity index (χ2v) is 1.22. The minimum absolute atomic E-state index is 0. The molecule has 4 heteroatoms. The van der Waals surface area contributed by atoms with Gasteiger partial charge in [0.25, 0.3) is 0 Å². The molecule has 0 aromatic carbocycles. The van der Waals surface area contributed by atoms with Crippen molar-refractivity contribution in [3.8, 4) is 0 Å². The van der Waals surface area contributed by atoms with E-state index in [1.807, 2.05) is 12.2 Å². The van der Waals surface area contributed by atoms with Gasteiger partial charge in [0.15, 0.2) is 6.68 Å². The fourth-order valence-electron chi connectivity index (χ4n) is 0.340. The van der Waals surface area contributed by atoms with Gasteiger partial charge < -0.3 is 13.2 Å². The predicted octanol–water partition coefficient (Wildman–Crippen LogP) is 2.65. The van der Waals surface area contributed by atoms with Gasteiger partial charge in [-0.1, -0.05) is 0 Å². The van der Waals surface area contributed by atoms with Crippen molar-refractivity contribution < 1.29 is 39.4 Å². The summed E-state index contributed by atoms with van der Waals surface area (Å²) in [7, 11) is 0. The van der Waals surface area contributed by atoms with Crippen LogP contribution >= 0.6 is 0 Å². The molecular weight excluding hydrogens is 220 g/mol.